The van der Waals surface area contributed by atoms with Crippen LogP contribution in [0.3, 0.4) is 0 Å². The molecule has 0 fully saturated rings. The molecule has 2 aromatic rings. The van der Waals surface area contributed by atoms with Crippen LogP contribution < -0.4 is 4.18 Å². The Labute approximate surface area is 114 Å². The highest BCUT2D eigenvalue weighted by Gasteiger charge is 2.18. The van der Waals surface area contributed by atoms with E-state index in [9.17, 15) is 8.42 Å². The van der Waals surface area contributed by atoms with Gasteiger partial charge in [-0.1, -0.05) is 50.2 Å². The third-order valence-corrected chi connectivity index (χ3v) is 4.02. The van der Waals surface area contributed by atoms with Gasteiger partial charge in [0.1, 0.15) is 10.6 Å². The van der Waals surface area contributed by atoms with Gasteiger partial charge in [0, 0.05) is 0 Å². The molecule has 0 saturated heterocycles. The molecule has 0 amide bonds. The smallest absolute Gasteiger partial charge is 0.339 e. The summed E-state index contributed by atoms with van der Waals surface area (Å²) >= 11 is 0. The van der Waals surface area contributed by atoms with Crippen molar-refractivity contribution in [2.75, 3.05) is 0 Å². The van der Waals surface area contributed by atoms with E-state index in [4.69, 9.17) is 4.18 Å². The Kier molecular flexibility index (Phi) is 3.90. The first-order valence-corrected chi connectivity index (χ1v) is 7.50. The standard InChI is InChI=1S/C15H16O3S/c1-12(2)14-10-6-7-11-15(14)18-19(16,17)13-8-4-3-5-9-13/h3-12H,1-2H3. The van der Waals surface area contributed by atoms with Crippen LogP contribution >= 0.6 is 0 Å². The summed E-state index contributed by atoms with van der Waals surface area (Å²) in [6, 6.07) is 15.3. The van der Waals surface area contributed by atoms with Crippen molar-refractivity contribution in [2.24, 2.45) is 0 Å². The van der Waals surface area contributed by atoms with Crippen molar-refractivity contribution in [3.05, 3.63) is 60.2 Å². The van der Waals surface area contributed by atoms with Gasteiger partial charge in [0.15, 0.2) is 0 Å². The van der Waals surface area contributed by atoms with Crippen LogP contribution in [0.2, 0.25) is 0 Å². The molecule has 2 rings (SSSR count). The van der Waals surface area contributed by atoms with E-state index in [0.29, 0.717) is 5.75 Å². The topological polar surface area (TPSA) is 43.4 Å². The third-order valence-electron chi connectivity index (χ3n) is 2.77. The molecule has 0 atom stereocenters. The SMILES string of the molecule is CC(C)c1ccccc1OS(=O)(=O)c1ccccc1. The van der Waals surface area contributed by atoms with Crippen LogP contribution in [-0.2, 0) is 10.1 Å². The molecule has 0 unspecified atom stereocenters. The van der Waals surface area contributed by atoms with Gasteiger partial charge in [0.25, 0.3) is 0 Å². The van der Waals surface area contributed by atoms with Crippen LogP contribution in [0.25, 0.3) is 0 Å². The molecule has 0 spiro atoms. The Morgan fingerprint density at radius 1 is 0.895 bits per heavy atom. The normalized spacial score (nSPS) is 11.5. The molecular formula is C15H16O3S. The molecule has 0 aliphatic carbocycles. The molecule has 0 saturated carbocycles. The van der Waals surface area contributed by atoms with Crippen LogP contribution in [0, 0.1) is 0 Å². The first-order chi connectivity index (χ1) is 9.00. The maximum Gasteiger partial charge on any atom is 0.339 e. The van der Waals surface area contributed by atoms with Crippen LogP contribution in [0.1, 0.15) is 25.3 Å². The fraction of sp³-hybridized carbons (Fsp3) is 0.200. The average molecular weight is 276 g/mol. The van der Waals surface area contributed by atoms with E-state index in [1.54, 1.807) is 30.3 Å². The molecule has 0 bridgehead atoms. The maximum absolute atomic E-state index is 12.2. The number of para-hydroxylation sites is 1. The van der Waals surface area contributed by atoms with Crippen molar-refractivity contribution in [3.63, 3.8) is 0 Å². The van der Waals surface area contributed by atoms with E-state index in [1.165, 1.54) is 12.1 Å². The fourth-order valence-electron chi connectivity index (χ4n) is 1.79. The molecule has 0 radical (unpaired) electrons. The minimum absolute atomic E-state index is 0.161. The number of hydrogen-bond donors (Lipinski definition) is 0. The number of rotatable bonds is 4. The van der Waals surface area contributed by atoms with E-state index in [2.05, 4.69) is 0 Å². The lowest BCUT2D eigenvalue weighted by molar-refractivity contribution is 0.481. The third kappa shape index (κ3) is 3.15. The quantitative estimate of drug-likeness (QED) is 0.802. The zero-order chi connectivity index (χ0) is 13.9. The van der Waals surface area contributed by atoms with Crippen molar-refractivity contribution < 1.29 is 12.6 Å². The zero-order valence-electron chi connectivity index (χ0n) is 10.9. The van der Waals surface area contributed by atoms with Crippen molar-refractivity contribution in [3.8, 4) is 5.75 Å². The monoisotopic (exact) mass is 276 g/mol. The van der Waals surface area contributed by atoms with Gasteiger partial charge in [0.2, 0.25) is 0 Å². The number of hydrogen-bond acceptors (Lipinski definition) is 3. The first kappa shape index (κ1) is 13.6. The van der Waals surface area contributed by atoms with Crippen LogP contribution in [0.15, 0.2) is 59.5 Å². The second-order valence-corrected chi connectivity index (χ2v) is 6.09. The Hall–Kier alpha value is -1.81. The summed E-state index contributed by atoms with van der Waals surface area (Å²) in [5.41, 5.74) is 0.877. The summed E-state index contributed by atoms with van der Waals surface area (Å²) in [5.74, 6) is 0.587. The minimum atomic E-state index is -3.77. The van der Waals surface area contributed by atoms with Gasteiger partial charge in [-0.15, -0.1) is 0 Å². The second kappa shape index (κ2) is 5.45. The summed E-state index contributed by atoms with van der Waals surface area (Å²) in [6.07, 6.45) is 0. The zero-order valence-corrected chi connectivity index (χ0v) is 11.7. The molecule has 19 heavy (non-hydrogen) atoms. The summed E-state index contributed by atoms with van der Waals surface area (Å²) in [4.78, 5) is 0.161. The first-order valence-electron chi connectivity index (χ1n) is 6.09. The molecule has 0 N–H and O–H groups in total. The Morgan fingerprint density at radius 2 is 1.47 bits per heavy atom. The van der Waals surface area contributed by atoms with E-state index in [0.717, 1.165) is 5.56 Å². The summed E-state index contributed by atoms with van der Waals surface area (Å²) in [5, 5.41) is 0. The molecule has 4 heteroatoms. The maximum atomic E-state index is 12.2. The minimum Gasteiger partial charge on any atom is -0.379 e. The predicted molar refractivity (Wildman–Crippen MR) is 74.8 cm³/mol. The molecule has 0 aliphatic heterocycles. The molecule has 0 aliphatic rings. The molecule has 3 nitrogen and oxygen atoms in total. The number of benzene rings is 2. The van der Waals surface area contributed by atoms with Crippen molar-refractivity contribution in [1.29, 1.82) is 0 Å². The average Bonchev–Trinajstić information content (AvgIpc) is 2.39. The van der Waals surface area contributed by atoms with Crippen molar-refractivity contribution in [1.82, 2.24) is 0 Å². The summed E-state index contributed by atoms with van der Waals surface area (Å²) in [6.45, 7) is 3.99. The van der Waals surface area contributed by atoms with E-state index < -0.39 is 10.1 Å². The predicted octanol–water partition coefficient (Wildman–Crippen LogP) is 3.58. The Balaban J connectivity index is 2.37. The lowest BCUT2D eigenvalue weighted by Crippen LogP contribution is -2.11. The summed E-state index contributed by atoms with van der Waals surface area (Å²) in [7, 11) is -3.77. The molecule has 100 valence electrons. The second-order valence-electron chi connectivity index (χ2n) is 4.54. The van der Waals surface area contributed by atoms with Crippen molar-refractivity contribution in [2.45, 2.75) is 24.7 Å². The van der Waals surface area contributed by atoms with Gasteiger partial charge >= 0.3 is 10.1 Å². The van der Waals surface area contributed by atoms with Gasteiger partial charge in [-0.25, -0.2) is 0 Å². The molecule has 0 heterocycles. The van der Waals surface area contributed by atoms with Gasteiger partial charge in [-0.05, 0) is 29.7 Å². The van der Waals surface area contributed by atoms with Gasteiger partial charge in [-0.2, -0.15) is 8.42 Å². The van der Waals surface area contributed by atoms with Gasteiger partial charge in [0.05, 0.1) is 0 Å². The highest BCUT2D eigenvalue weighted by atomic mass is 32.2. The molecule has 0 aromatic heterocycles. The summed E-state index contributed by atoms with van der Waals surface area (Å²) < 4.78 is 29.6. The largest absolute Gasteiger partial charge is 0.379 e. The van der Waals surface area contributed by atoms with Crippen LogP contribution in [0.4, 0.5) is 0 Å². The van der Waals surface area contributed by atoms with E-state index >= 15 is 0 Å². The Morgan fingerprint density at radius 3 is 2.11 bits per heavy atom. The van der Waals surface area contributed by atoms with E-state index in [1.807, 2.05) is 26.0 Å². The van der Waals surface area contributed by atoms with E-state index in [-0.39, 0.29) is 10.8 Å². The van der Waals surface area contributed by atoms with Crippen LogP contribution in [0.5, 0.6) is 5.75 Å². The highest BCUT2D eigenvalue weighted by molar-refractivity contribution is 7.87. The lowest BCUT2D eigenvalue weighted by atomic mass is 10.0. The Bertz CT molecular complexity index is 646. The van der Waals surface area contributed by atoms with Gasteiger partial charge in [-0.3, -0.25) is 0 Å². The molecule has 2 aromatic carbocycles. The highest BCUT2D eigenvalue weighted by Crippen LogP contribution is 2.28. The molecular weight excluding hydrogens is 260 g/mol. The van der Waals surface area contributed by atoms with Gasteiger partial charge < -0.3 is 4.18 Å². The fourth-order valence-corrected chi connectivity index (χ4v) is 2.76. The van der Waals surface area contributed by atoms with Crippen molar-refractivity contribution >= 4 is 10.1 Å². The van der Waals surface area contributed by atoms with Crippen LogP contribution in [-0.4, -0.2) is 8.42 Å². The lowest BCUT2D eigenvalue weighted by Gasteiger charge is -2.13.